The Labute approximate surface area is 107 Å². The first-order chi connectivity index (χ1) is 8.44. The molecule has 1 aliphatic rings. The SMILES string of the molecule is CC(C)(C)OC(=O)COc1cccc(C2CO2)c1. The van der Waals surface area contributed by atoms with Crippen LogP contribution < -0.4 is 4.74 Å². The highest BCUT2D eigenvalue weighted by atomic mass is 16.6. The predicted molar refractivity (Wildman–Crippen MR) is 66.5 cm³/mol. The van der Waals surface area contributed by atoms with Crippen LogP contribution in [0.2, 0.25) is 0 Å². The molecule has 0 saturated carbocycles. The zero-order valence-electron chi connectivity index (χ0n) is 10.9. The van der Waals surface area contributed by atoms with Gasteiger partial charge in [-0.25, -0.2) is 4.79 Å². The van der Waals surface area contributed by atoms with E-state index in [9.17, 15) is 4.79 Å². The van der Waals surface area contributed by atoms with Crippen molar-refractivity contribution in [3.63, 3.8) is 0 Å². The molecule has 0 amide bonds. The molecule has 1 atom stereocenters. The Morgan fingerprint density at radius 2 is 2.17 bits per heavy atom. The van der Waals surface area contributed by atoms with Crippen LogP contribution in [0.25, 0.3) is 0 Å². The predicted octanol–water partition coefficient (Wildman–Crippen LogP) is 2.48. The summed E-state index contributed by atoms with van der Waals surface area (Å²) in [5.74, 6) is 0.296. The lowest BCUT2D eigenvalue weighted by molar-refractivity contribution is -0.157. The van der Waals surface area contributed by atoms with E-state index in [-0.39, 0.29) is 18.7 Å². The van der Waals surface area contributed by atoms with Crippen LogP contribution in [0.5, 0.6) is 5.75 Å². The molecule has 1 aliphatic heterocycles. The van der Waals surface area contributed by atoms with Crippen LogP contribution in [0.1, 0.15) is 32.4 Å². The molecular formula is C14H18O4. The largest absolute Gasteiger partial charge is 0.482 e. The minimum Gasteiger partial charge on any atom is -0.482 e. The third-order valence-electron chi connectivity index (χ3n) is 2.34. The molecule has 0 aliphatic carbocycles. The van der Waals surface area contributed by atoms with Crippen molar-refractivity contribution in [1.29, 1.82) is 0 Å². The molecular weight excluding hydrogens is 232 g/mol. The summed E-state index contributed by atoms with van der Waals surface area (Å²) < 4.78 is 15.8. The molecule has 1 unspecified atom stereocenters. The fourth-order valence-corrected chi connectivity index (χ4v) is 1.56. The number of carbonyl (C=O) groups is 1. The fraction of sp³-hybridized carbons (Fsp3) is 0.500. The smallest absolute Gasteiger partial charge is 0.344 e. The Morgan fingerprint density at radius 3 is 2.78 bits per heavy atom. The second-order valence-corrected chi connectivity index (χ2v) is 5.27. The number of esters is 1. The first kappa shape index (κ1) is 12.9. The number of benzene rings is 1. The first-order valence-electron chi connectivity index (χ1n) is 6.00. The standard InChI is InChI=1S/C14H18O4/c1-14(2,3)18-13(15)9-16-11-6-4-5-10(7-11)12-8-17-12/h4-7,12H,8-9H2,1-3H3. The Kier molecular flexibility index (Phi) is 3.57. The molecule has 1 aromatic carbocycles. The van der Waals surface area contributed by atoms with Crippen LogP contribution in [0, 0.1) is 0 Å². The summed E-state index contributed by atoms with van der Waals surface area (Å²) in [7, 11) is 0. The van der Waals surface area contributed by atoms with E-state index in [1.807, 2.05) is 45.0 Å². The molecule has 1 aromatic rings. The molecule has 0 spiro atoms. The van der Waals surface area contributed by atoms with Gasteiger partial charge in [-0.1, -0.05) is 12.1 Å². The average molecular weight is 250 g/mol. The van der Waals surface area contributed by atoms with Crippen LogP contribution in [0.3, 0.4) is 0 Å². The maximum Gasteiger partial charge on any atom is 0.344 e. The Balaban J connectivity index is 1.86. The summed E-state index contributed by atoms with van der Waals surface area (Å²) in [5, 5.41) is 0. The fourth-order valence-electron chi connectivity index (χ4n) is 1.56. The van der Waals surface area contributed by atoms with Crippen LogP contribution in [0.15, 0.2) is 24.3 Å². The highest BCUT2D eigenvalue weighted by Crippen LogP contribution is 2.31. The molecule has 4 nitrogen and oxygen atoms in total. The van der Waals surface area contributed by atoms with Crippen LogP contribution in [0.4, 0.5) is 0 Å². The molecule has 18 heavy (non-hydrogen) atoms. The van der Waals surface area contributed by atoms with E-state index < -0.39 is 5.60 Å². The van der Waals surface area contributed by atoms with E-state index in [1.165, 1.54) is 0 Å². The van der Waals surface area contributed by atoms with Crippen LogP contribution >= 0.6 is 0 Å². The third-order valence-corrected chi connectivity index (χ3v) is 2.34. The lowest BCUT2D eigenvalue weighted by Crippen LogP contribution is -2.27. The van der Waals surface area contributed by atoms with E-state index in [0.29, 0.717) is 5.75 Å². The Morgan fingerprint density at radius 1 is 1.44 bits per heavy atom. The molecule has 0 bridgehead atoms. The van der Waals surface area contributed by atoms with Crippen LogP contribution in [-0.4, -0.2) is 24.8 Å². The number of hydrogen-bond donors (Lipinski definition) is 0. The summed E-state index contributed by atoms with van der Waals surface area (Å²) in [5.41, 5.74) is 0.598. The zero-order chi connectivity index (χ0) is 13.2. The highest BCUT2D eigenvalue weighted by Gasteiger charge is 2.25. The molecule has 0 N–H and O–H groups in total. The van der Waals surface area contributed by atoms with Crippen molar-refractivity contribution in [3.8, 4) is 5.75 Å². The number of carbonyl (C=O) groups excluding carboxylic acids is 1. The molecule has 2 rings (SSSR count). The molecule has 4 heteroatoms. The van der Waals surface area contributed by atoms with Gasteiger partial charge in [-0.05, 0) is 38.5 Å². The maximum atomic E-state index is 11.5. The monoisotopic (exact) mass is 250 g/mol. The van der Waals surface area contributed by atoms with Crippen molar-refractivity contribution in [2.75, 3.05) is 13.2 Å². The van der Waals surface area contributed by atoms with Gasteiger partial charge in [0.1, 0.15) is 17.5 Å². The van der Waals surface area contributed by atoms with Gasteiger partial charge in [-0.3, -0.25) is 0 Å². The van der Waals surface area contributed by atoms with E-state index in [4.69, 9.17) is 14.2 Å². The summed E-state index contributed by atoms with van der Waals surface area (Å²) in [6, 6.07) is 7.58. The van der Waals surface area contributed by atoms with Gasteiger partial charge >= 0.3 is 5.97 Å². The summed E-state index contributed by atoms with van der Waals surface area (Å²) in [6.45, 7) is 6.17. The minimum atomic E-state index is -0.482. The third kappa shape index (κ3) is 4.04. The quantitative estimate of drug-likeness (QED) is 0.608. The lowest BCUT2D eigenvalue weighted by atomic mass is 10.1. The van der Waals surface area contributed by atoms with Crippen molar-refractivity contribution < 1.29 is 19.0 Å². The van der Waals surface area contributed by atoms with Crippen molar-refractivity contribution in [2.45, 2.75) is 32.5 Å². The molecule has 98 valence electrons. The number of hydrogen-bond acceptors (Lipinski definition) is 4. The van der Waals surface area contributed by atoms with Crippen molar-refractivity contribution >= 4 is 5.97 Å². The van der Waals surface area contributed by atoms with Gasteiger partial charge in [0.2, 0.25) is 0 Å². The van der Waals surface area contributed by atoms with E-state index in [1.54, 1.807) is 0 Å². The van der Waals surface area contributed by atoms with Gasteiger partial charge in [-0.2, -0.15) is 0 Å². The van der Waals surface area contributed by atoms with Gasteiger partial charge in [0.05, 0.1) is 6.61 Å². The normalized spacial score (nSPS) is 18.3. The van der Waals surface area contributed by atoms with Gasteiger partial charge < -0.3 is 14.2 Å². The van der Waals surface area contributed by atoms with Gasteiger partial charge in [-0.15, -0.1) is 0 Å². The van der Waals surface area contributed by atoms with E-state index in [0.717, 1.165) is 12.2 Å². The average Bonchev–Trinajstić information content (AvgIpc) is 3.08. The van der Waals surface area contributed by atoms with Crippen molar-refractivity contribution in [2.24, 2.45) is 0 Å². The lowest BCUT2D eigenvalue weighted by Gasteiger charge is -2.19. The highest BCUT2D eigenvalue weighted by molar-refractivity contribution is 5.71. The topological polar surface area (TPSA) is 48.1 Å². The second kappa shape index (κ2) is 4.98. The summed E-state index contributed by atoms with van der Waals surface area (Å²) in [4.78, 5) is 11.5. The van der Waals surface area contributed by atoms with Gasteiger partial charge in [0, 0.05) is 0 Å². The Bertz CT molecular complexity index is 430. The minimum absolute atomic E-state index is 0.0771. The summed E-state index contributed by atoms with van der Waals surface area (Å²) in [6.07, 6.45) is 0.190. The van der Waals surface area contributed by atoms with E-state index in [2.05, 4.69) is 0 Å². The Hall–Kier alpha value is -1.55. The molecule has 1 heterocycles. The molecule has 1 fully saturated rings. The van der Waals surface area contributed by atoms with Crippen molar-refractivity contribution in [3.05, 3.63) is 29.8 Å². The molecule has 1 saturated heterocycles. The summed E-state index contributed by atoms with van der Waals surface area (Å²) >= 11 is 0. The van der Waals surface area contributed by atoms with Gasteiger partial charge in [0.25, 0.3) is 0 Å². The number of ether oxygens (including phenoxy) is 3. The number of rotatable bonds is 4. The van der Waals surface area contributed by atoms with Crippen molar-refractivity contribution in [1.82, 2.24) is 0 Å². The number of epoxide rings is 1. The van der Waals surface area contributed by atoms with Gasteiger partial charge in [0.15, 0.2) is 6.61 Å². The maximum absolute atomic E-state index is 11.5. The molecule has 0 radical (unpaired) electrons. The molecule has 0 aromatic heterocycles. The first-order valence-corrected chi connectivity index (χ1v) is 6.00. The van der Waals surface area contributed by atoms with E-state index >= 15 is 0 Å². The van der Waals surface area contributed by atoms with Crippen LogP contribution in [-0.2, 0) is 14.3 Å². The zero-order valence-corrected chi connectivity index (χ0v) is 10.9. The second-order valence-electron chi connectivity index (χ2n) is 5.27.